The van der Waals surface area contributed by atoms with Crippen LogP contribution in [0.4, 0.5) is 0 Å². The Balaban J connectivity index is 2.39. The van der Waals surface area contributed by atoms with E-state index < -0.39 is 0 Å². The van der Waals surface area contributed by atoms with Crippen molar-refractivity contribution in [2.45, 2.75) is 52.9 Å². The second-order valence-electron chi connectivity index (χ2n) is 6.52. The predicted octanol–water partition coefficient (Wildman–Crippen LogP) is 3.44. The van der Waals surface area contributed by atoms with E-state index in [2.05, 4.69) is 27.8 Å². The summed E-state index contributed by atoms with van der Waals surface area (Å²) in [7, 11) is 2.46. The number of quaternary nitrogens is 1. The van der Waals surface area contributed by atoms with Crippen LogP contribution in [-0.4, -0.2) is 31.2 Å². The number of rotatable bonds is 2. The van der Waals surface area contributed by atoms with Crippen LogP contribution in [0.5, 0.6) is 0 Å². The van der Waals surface area contributed by atoms with Gasteiger partial charge in [0.05, 0.1) is 26.7 Å². The third-order valence-corrected chi connectivity index (χ3v) is 3.55. The van der Waals surface area contributed by atoms with E-state index in [1.807, 2.05) is 0 Å². The Labute approximate surface area is 90.1 Å². The second kappa shape index (κ2) is 4.65. The lowest BCUT2D eigenvalue weighted by molar-refractivity contribution is -0.909. The SMILES string of the molecule is CC(C)(C)CC[N+]1(C)CCCCCC1. The zero-order valence-corrected chi connectivity index (χ0v) is 10.6. The van der Waals surface area contributed by atoms with Gasteiger partial charge in [-0.15, -0.1) is 0 Å². The van der Waals surface area contributed by atoms with Gasteiger partial charge < -0.3 is 4.48 Å². The highest BCUT2D eigenvalue weighted by Gasteiger charge is 2.25. The third-order valence-electron chi connectivity index (χ3n) is 3.55. The summed E-state index contributed by atoms with van der Waals surface area (Å²) in [6.07, 6.45) is 7.18. The molecule has 1 saturated heterocycles. The number of hydrogen-bond acceptors (Lipinski definition) is 0. The van der Waals surface area contributed by atoms with Gasteiger partial charge in [-0.05, 0) is 31.1 Å². The van der Waals surface area contributed by atoms with E-state index in [0.29, 0.717) is 5.41 Å². The molecule has 1 heterocycles. The van der Waals surface area contributed by atoms with E-state index in [1.165, 1.54) is 56.2 Å². The molecule has 0 aliphatic carbocycles. The first-order valence-electron chi connectivity index (χ1n) is 6.25. The third kappa shape index (κ3) is 4.45. The van der Waals surface area contributed by atoms with Crippen molar-refractivity contribution in [3.8, 4) is 0 Å². The standard InChI is InChI=1S/C13H28N/c1-13(2,3)9-12-14(4)10-7-5-6-8-11-14/h5-12H2,1-4H3/q+1. The Bertz CT molecular complexity index is 159. The minimum Gasteiger partial charge on any atom is -0.326 e. The molecule has 14 heavy (non-hydrogen) atoms. The first-order chi connectivity index (χ1) is 6.41. The fourth-order valence-electron chi connectivity index (χ4n) is 2.28. The molecular formula is C13H28N+. The van der Waals surface area contributed by atoms with Crippen molar-refractivity contribution in [3.05, 3.63) is 0 Å². The molecule has 1 aliphatic heterocycles. The molecule has 0 amide bonds. The van der Waals surface area contributed by atoms with Crippen molar-refractivity contribution >= 4 is 0 Å². The fraction of sp³-hybridized carbons (Fsp3) is 1.00. The van der Waals surface area contributed by atoms with Crippen LogP contribution in [0.3, 0.4) is 0 Å². The van der Waals surface area contributed by atoms with Gasteiger partial charge in [-0.2, -0.15) is 0 Å². The van der Waals surface area contributed by atoms with Crippen molar-refractivity contribution in [2.24, 2.45) is 5.41 Å². The normalized spacial score (nSPS) is 23.1. The Morgan fingerprint density at radius 2 is 1.43 bits per heavy atom. The summed E-state index contributed by atoms with van der Waals surface area (Å²) in [5.74, 6) is 0. The maximum Gasteiger partial charge on any atom is 0.0789 e. The maximum absolute atomic E-state index is 2.46. The molecule has 0 aromatic heterocycles. The summed E-state index contributed by atoms with van der Waals surface area (Å²) in [5, 5.41) is 0. The first-order valence-corrected chi connectivity index (χ1v) is 6.25. The van der Waals surface area contributed by atoms with Crippen LogP contribution in [0.1, 0.15) is 52.9 Å². The van der Waals surface area contributed by atoms with Gasteiger partial charge in [-0.25, -0.2) is 0 Å². The van der Waals surface area contributed by atoms with Gasteiger partial charge in [-0.1, -0.05) is 20.8 Å². The van der Waals surface area contributed by atoms with Crippen LogP contribution >= 0.6 is 0 Å². The Kier molecular flexibility index (Phi) is 4.00. The molecule has 1 nitrogen and oxygen atoms in total. The minimum atomic E-state index is 0.508. The van der Waals surface area contributed by atoms with Crippen LogP contribution in [0.2, 0.25) is 0 Å². The number of likely N-dealkylation sites (tertiary alicyclic amines) is 1. The van der Waals surface area contributed by atoms with Crippen molar-refractivity contribution in [3.63, 3.8) is 0 Å². The largest absolute Gasteiger partial charge is 0.326 e. The van der Waals surface area contributed by atoms with Gasteiger partial charge in [0, 0.05) is 6.42 Å². The maximum atomic E-state index is 2.46. The summed E-state index contributed by atoms with van der Waals surface area (Å²) >= 11 is 0. The van der Waals surface area contributed by atoms with Crippen LogP contribution in [-0.2, 0) is 0 Å². The molecule has 1 rings (SSSR count). The minimum absolute atomic E-state index is 0.508. The van der Waals surface area contributed by atoms with Crippen molar-refractivity contribution < 1.29 is 4.48 Å². The summed E-state index contributed by atoms with van der Waals surface area (Å²) in [6, 6.07) is 0. The van der Waals surface area contributed by atoms with E-state index in [1.54, 1.807) is 0 Å². The van der Waals surface area contributed by atoms with Crippen LogP contribution in [0, 0.1) is 5.41 Å². The number of nitrogens with zero attached hydrogens (tertiary/aromatic N) is 1. The smallest absolute Gasteiger partial charge is 0.0789 e. The molecule has 1 heteroatoms. The molecule has 1 aliphatic rings. The van der Waals surface area contributed by atoms with Crippen LogP contribution < -0.4 is 0 Å². The molecule has 0 spiro atoms. The zero-order chi connectivity index (χ0) is 10.7. The highest BCUT2D eigenvalue weighted by molar-refractivity contribution is 4.61. The zero-order valence-electron chi connectivity index (χ0n) is 10.6. The van der Waals surface area contributed by atoms with Gasteiger partial charge in [0.2, 0.25) is 0 Å². The molecular weight excluding hydrogens is 170 g/mol. The van der Waals surface area contributed by atoms with Crippen molar-refractivity contribution in [1.82, 2.24) is 0 Å². The molecule has 84 valence electrons. The van der Waals surface area contributed by atoms with Crippen LogP contribution in [0.25, 0.3) is 0 Å². The van der Waals surface area contributed by atoms with Crippen molar-refractivity contribution in [2.75, 3.05) is 26.7 Å². The quantitative estimate of drug-likeness (QED) is 0.596. The molecule has 1 fully saturated rings. The van der Waals surface area contributed by atoms with Gasteiger partial charge in [-0.3, -0.25) is 0 Å². The van der Waals surface area contributed by atoms with Crippen LogP contribution in [0.15, 0.2) is 0 Å². The molecule has 0 bridgehead atoms. The lowest BCUT2D eigenvalue weighted by Gasteiger charge is -2.35. The lowest BCUT2D eigenvalue weighted by atomic mass is 9.91. The fourth-order valence-corrected chi connectivity index (χ4v) is 2.28. The van der Waals surface area contributed by atoms with Crippen molar-refractivity contribution in [1.29, 1.82) is 0 Å². The van der Waals surface area contributed by atoms with E-state index >= 15 is 0 Å². The molecule has 0 aromatic carbocycles. The average Bonchev–Trinajstić information content (AvgIpc) is 2.27. The highest BCUT2D eigenvalue weighted by atomic mass is 15.3. The molecule has 0 aromatic rings. The monoisotopic (exact) mass is 198 g/mol. The Morgan fingerprint density at radius 3 is 1.86 bits per heavy atom. The molecule has 0 N–H and O–H groups in total. The van der Waals surface area contributed by atoms with Gasteiger partial charge in [0.1, 0.15) is 0 Å². The topological polar surface area (TPSA) is 0 Å². The summed E-state index contributed by atoms with van der Waals surface area (Å²) in [6.45, 7) is 11.3. The highest BCUT2D eigenvalue weighted by Crippen LogP contribution is 2.23. The second-order valence-corrected chi connectivity index (χ2v) is 6.52. The van der Waals surface area contributed by atoms with E-state index in [4.69, 9.17) is 0 Å². The lowest BCUT2D eigenvalue weighted by Crippen LogP contribution is -2.46. The Hall–Kier alpha value is -0.0400. The Morgan fingerprint density at radius 1 is 0.929 bits per heavy atom. The van der Waals surface area contributed by atoms with E-state index in [9.17, 15) is 0 Å². The van der Waals surface area contributed by atoms with Gasteiger partial charge in [0.25, 0.3) is 0 Å². The first kappa shape index (κ1) is 12.0. The summed E-state index contributed by atoms with van der Waals surface area (Å²) < 4.78 is 1.33. The summed E-state index contributed by atoms with van der Waals surface area (Å²) in [5.41, 5.74) is 0.508. The van der Waals surface area contributed by atoms with E-state index in [0.717, 1.165) is 0 Å². The summed E-state index contributed by atoms with van der Waals surface area (Å²) in [4.78, 5) is 0. The molecule has 0 radical (unpaired) electrons. The average molecular weight is 198 g/mol. The predicted molar refractivity (Wildman–Crippen MR) is 63.3 cm³/mol. The molecule has 0 atom stereocenters. The van der Waals surface area contributed by atoms with Gasteiger partial charge >= 0.3 is 0 Å². The van der Waals surface area contributed by atoms with E-state index in [-0.39, 0.29) is 0 Å². The van der Waals surface area contributed by atoms with Gasteiger partial charge in [0.15, 0.2) is 0 Å². The molecule has 0 saturated carbocycles. The number of hydrogen-bond donors (Lipinski definition) is 0. The molecule has 0 unspecified atom stereocenters.